The molecule has 0 aromatic heterocycles. The van der Waals surface area contributed by atoms with Crippen molar-refractivity contribution in [2.24, 2.45) is 11.8 Å². The standard InChI is InChI=1S/C17H19ClN2O4/c1-4-24-16(23)17(2)12-11(14(21)20(3)15(12)22)13(19-17)9-5-7-10(18)8-6-9/h5-8,11-13,19H,4H2,1-3H3/t11-,12+,13+,17+/m0/s1. The number of likely N-dealkylation sites (tertiary alicyclic amines) is 1. The number of hydrogen-bond acceptors (Lipinski definition) is 5. The summed E-state index contributed by atoms with van der Waals surface area (Å²) in [7, 11) is 1.45. The molecule has 6 nitrogen and oxygen atoms in total. The van der Waals surface area contributed by atoms with Crippen LogP contribution in [0.1, 0.15) is 25.5 Å². The van der Waals surface area contributed by atoms with Gasteiger partial charge in [-0.3, -0.25) is 24.6 Å². The average Bonchev–Trinajstić information content (AvgIpc) is 2.99. The Morgan fingerprint density at radius 1 is 1.29 bits per heavy atom. The summed E-state index contributed by atoms with van der Waals surface area (Å²) < 4.78 is 5.15. The van der Waals surface area contributed by atoms with E-state index < -0.39 is 29.4 Å². The molecule has 0 unspecified atom stereocenters. The van der Waals surface area contributed by atoms with Gasteiger partial charge < -0.3 is 4.74 Å². The predicted molar refractivity (Wildman–Crippen MR) is 87.1 cm³/mol. The van der Waals surface area contributed by atoms with E-state index in [1.54, 1.807) is 38.1 Å². The molecule has 2 heterocycles. The zero-order chi connectivity index (χ0) is 17.6. The van der Waals surface area contributed by atoms with Crippen LogP contribution < -0.4 is 5.32 Å². The van der Waals surface area contributed by atoms with Crippen LogP contribution >= 0.6 is 11.6 Å². The highest BCUT2D eigenvalue weighted by atomic mass is 35.5. The molecule has 2 saturated heterocycles. The van der Waals surface area contributed by atoms with Gasteiger partial charge in [0, 0.05) is 18.1 Å². The fraction of sp³-hybridized carbons (Fsp3) is 0.471. The summed E-state index contributed by atoms with van der Waals surface area (Å²) in [4.78, 5) is 38.8. The highest BCUT2D eigenvalue weighted by Crippen LogP contribution is 2.48. The fourth-order valence-corrected chi connectivity index (χ4v) is 3.83. The van der Waals surface area contributed by atoms with Gasteiger partial charge in [-0.1, -0.05) is 23.7 Å². The number of esters is 1. The molecule has 7 heteroatoms. The number of nitrogens with one attached hydrogen (secondary N) is 1. The molecule has 2 aliphatic heterocycles. The van der Waals surface area contributed by atoms with Gasteiger partial charge in [-0.15, -0.1) is 0 Å². The molecule has 128 valence electrons. The van der Waals surface area contributed by atoms with Crippen LogP contribution in [0.3, 0.4) is 0 Å². The van der Waals surface area contributed by atoms with Crippen molar-refractivity contribution in [3.05, 3.63) is 34.9 Å². The topological polar surface area (TPSA) is 75.7 Å². The van der Waals surface area contributed by atoms with Crippen LogP contribution in [-0.4, -0.2) is 41.9 Å². The Kier molecular flexibility index (Phi) is 4.13. The van der Waals surface area contributed by atoms with Crippen LogP contribution in [-0.2, 0) is 19.1 Å². The third kappa shape index (κ3) is 2.32. The van der Waals surface area contributed by atoms with Gasteiger partial charge in [0.05, 0.1) is 18.4 Å². The molecule has 0 spiro atoms. The molecule has 1 aromatic rings. The monoisotopic (exact) mass is 350 g/mol. The van der Waals surface area contributed by atoms with Crippen LogP contribution in [0.25, 0.3) is 0 Å². The molecular formula is C17H19ClN2O4. The van der Waals surface area contributed by atoms with Gasteiger partial charge >= 0.3 is 5.97 Å². The number of hydrogen-bond donors (Lipinski definition) is 1. The number of ether oxygens (including phenoxy) is 1. The van der Waals surface area contributed by atoms with Crippen molar-refractivity contribution >= 4 is 29.4 Å². The minimum atomic E-state index is -1.25. The number of nitrogens with zero attached hydrogens (tertiary/aromatic N) is 1. The first-order chi connectivity index (χ1) is 11.3. The van der Waals surface area contributed by atoms with E-state index in [0.717, 1.165) is 10.5 Å². The van der Waals surface area contributed by atoms with Crippen molar-refractivity contribution in [2.45, 2.75) is 25.4 Å². The van der Waals surface area contributed by atoms with Crippen LogP contribution in [0.2, 0.25) is 5.02 Å². The molecule has 0 bridgehead atoms. The van der Waals surface area contributed by atoms with E-state index in [-0.39, 0.29) is 18.4 Å². The largest absolute Gasteiger partial charge is 0.465 e. The lowest BCUT2D eigenvalue weighted by molar-refractivity contribution is -0.155. The molecular weight excluding hydrogens is 332 g/mol. The highest BCUT2D eigenvalue weighted by molar-refractivity contribution is 6.30. The first-order valence-electron chi connectivity index (χ1n) is 7.83. The van der Waals surface area contributed by atoms with E-state index in [2.05, 4.69) is 5.32 Å². The van der Waals surface area contributed by atoms with Crippen LogP contribution in [0.15, 0.2) is 24.3 Å². The van der Waals surface area contributed by atoms with Crippen LogP contribution in [0.5, 0.6) is 0 Å². The molecule has 0 aliphatic carbocycles. The van der Waals surface area contributed by atoms with Crippen LogP contribution in [0, 0.1) is 11.8 Å². The van der Waals surface area contributed by atoms with Gasteiger partial charge in [0.1, 0.15) is 5.54 Å². The second-order valence-corrected chi connectivity index (χ2v) is 6.77. The molecule has 0 radical (unpaired) electrons. The number of imide groups is 1. The van der Waals surface area contributed by atoms with Gasteiger partial charge in [0.2, 0.25) is 11.8 Å². The Morgan fingerprint density at radius 3 is 2.50 bits per heavy atom. The van der Waals surface area contributed by atoms with Gasteiger partial charge in [-0.25, -0.2) is 0 Å². The number of fused-ring (bicyclic) bond motifs is 1. The van der Waals surface area contributed by atoms with Crippen LogP contribution in [0.4, 0.5) is 0 Å². The van der Waals surface area contributed by atoms with E-state index in [0.29, 0.717) is 5.02 Å². The SMILES string of the molecule is CCOC(=O)[C@]1(C)N[C@H](c2ccc(Cl)cc2)[C@H]2C(=O)N(C)C(=O)[C@@H]21. The number of halogens is 1. The quantitative estimate of drug-likeness (QED) is 0.661. The Balaban J connectivity index is 2.06. The number of carbonyl (C=O) groups excluding carboxylic acids is 3. The van der Waals surface area contributed by atoms with E-state index in [9.17, 15) is 14.4 Å². The molecule has 2 aliphatic rings. The number of carbonyl (C=O) groups is 3. The molecule has 3 rings (SSSR count). The zero-order valence-corrected chi connectivity index (χ0v) is 14.5. The van der Waals surface area contributed by atoms with E-state index in [4.69, 9.17) is 16.3 Å². The summed E-state index contributed by atoms with van der Waals surface area (Å²) in [6, 6.07) is 6.58. The van der Waals surface area contributed by atoms with E-state index in [1.165, 1.54) is 7.05 Å². The molecule has 1 aromatic carbocycles. The summed E-state index contributed by atoms with van der Waals surface area (Å²) in [6.07, 6.45) is 0. The molecule has 24 heavy (non-hydrogen) atoms. The second-order valence-electron chi connectivity index (χ2n) is 6.34. The third-order valence-corrected chi connectivity index (χ3v) is 5.19. The number of amides is 2. The minimum Gasteiger partial charge on any atom is -0.465 e. The summed E-state index contributed by atoms with van der Waals surface area (Å²) >= 11 is 5.93. The van der Waals surface area contributed by atoms with Crippen molar-refractivity contribution in [2.75, 3.05) is 13.7 Å². The molecule has 1 N–H and O–H groups in total. The van der Waals surface area contributed by atoms with Crippen molar-refractivity contribution in [3.8, 4) is 0 Å². The predicted octanol–water partition coefficient (Wildman–Crippen LogP) is 1.54. The maximum absolute atomic E-state index is 12.6. The van der Waals surface area contributed by atoms with E-state index in [1.807, 2.05) is 0 Å². The Morgan fingerprint density at radius 2 is 1.92 bits per heavy atom. The van der Waals surface area contributed by atoms with Crippen molar-refractivity contribution < 1.29 is 19.1 Å². The lowest BCUT2D eigenvalue weighted by Crippen LogP contribution is -2.53. The number of rotatable bonds is 3. The Hall–Kier alpha value is -1.92. The van der Waals surface area contributed by atoms with Gasteiger partial charge in [0.15, 0.2) is 0 Å². The summed E-state index contributed by atoms with van der Waals surface area (Å²) in [5.41, 5.74) is -0.443. The molecule has 2 fully saturated rings. The highest BCUT2D eigenvalue weighted by Gasteiger charge is 2.66. The van der Waals surface area contributed by atoms with Crippen molar-refractivity contribution in [1.29, 1.82) is 0 Å². The van der Waals surface area contributed by atoms with Crippen molar-refractivity contribution in [1.82, 2.24) is 10.2 Å². The fourth-order valence-electron chi connectivity index (χ4n) is 3.71. The molecule has 4 atom stereocenters. The lowest BCUT2D eigenvalue weighted by atomic mass is 9.80. The number of benzene rings is 1. The first kappa shape index (κ1) is 16.9. The third-order valence-electron chi connectivity index (χ3n) is 4.94. The summed E-state index contributed by atoms with van der Waals surface area (Å²) in [5, 5.41) is 3.76. The average molecular weight is 351 g/mol. The summed E-state index contributed by atoms with van der Waals surface area (Å²) in [5.74, 6) is -2.59. The normalized spacial score (nSPS) is 32.2. The lowest BCUT2D eigenvalue weighted by Gasteiger charge is -2.28. The van der Waals surface area contributed by atoms with Gasteiger partial charge in [-0.05, 0) is 31.5 Å². The smallest absolute Gasteiger partial charge is 0.326 e. The molecule has 2 amide bonds. The molecule has 0 saturated carbocycles. The maximum atomic E-state index is 12.6. The first-order valence-corrected chi connectivity index (χ1v) is 8.21. The second kappa shape index (κ2) is 5.86. The summed E-state index contributed by atoms with van der Waals surface area (Å²) in [6.45, 7) is 3.54. The zero-order valence-electron chi connectivity index (χ0n) is 13.7. The Bertz CT molecular complexity index is 705. The van der Waals surface area contributed by atoms with Gasteiger partial charge in [0.25, 0.3) is 0 Å². The Labute approximate surface area is 145 Å². The minimum absolute atomic E-state index is 0.205. The maximum Gasteiger partial charge on any atom is 0.326 e. The van der Waals surface area contributed by atoms with Crippen molar-refractivity contribution in [3.63, 3.8) is 0 Å². The van der Waals surface area contributed by atoms with E-state index >= 15 is 0 Å². The van der Waals surface area contributed by atoms with Gasteiger partial charge in [-0.2, -0.15) is 0 Å².